The number of ether oxygens (including phenoxy) is 3. The number of methoxy groups -OCH3 is 1. The molecule has 0 bridgehead atoms. The largest absolute Gasteiger partial charge is 0.489 e. The zero-order valence-electron chi connectivity index (χ0n) is 27.8. The molecule has 244 valence electrons. The van der Waals surface area contributed by atoms with E-state index in [4.69, 9.17) is 19.3 Å². The molecule has 0 saturated carbocycles. The zero-order chi connectivity index (χ0) is 32.8. The molecule has 2 aromatic carbocycles. The van der Waals surface area contributed by atoms with Gasteiger partial charge in [-0.1, -0.05) is 32.9 Å². The molecule has 0 spiro atoms. The summed E-state index contributed by atoms with van der Waals surface area (Å²) in [5, 5.41) is 8.55. The molecule has 1 aliphatic rings. The van der Waals surface area contributed by atoms with Crippen molar-refractivity contribution in [2.45, 2.75) is 64.8 Å². The van der Waals surface area contributed by atoms with Gasteiger partial charge in [0.25, 0.3) is 0 Å². The van der Waals surface area contributed by atoms with Gasteiger partial charge in [-0.3, -0.25) is 19.3 Å². The van der Waals surface area contributed by atoms with Gasteiger partial charge < -0.3 is 24.4 Å². The van der Waals surface area contributed by atoms with Gasteiger partial charge in [0.1, 0.15) is 29.6 Å². The number of anilines is 1. The highest BCUT2D eigenvalue weighted by Gasteiger charge is 2.26. The van der Waals surface area contributed by atoms with Crippen molar-refractivity contribution in [3.8, 4) is 17.2 Å². The number of piperidine rings is 1. The lowest BCUT2D eigenvalue weighted by Gasteiger charge is -2.30. The van der Waals surface area contributed by atoms with Crippen molar-refractivity contribution in [3.05, 3.63) is 71.7 Å². The molecule has 1 aliphatic heterocycles. The van der Waals surface area contributed by atoms with Gasteiger partial charge in [-0.05, 0) is 68.9 Å². The predicted molar refractivity (Wildman–Crippen MR) is 179 cm³/mol. The maximum atomic E-state index is 13.3. The second kappa shape index (κ2) is 14.4. The van der Waals surface area contributed by atoms with Crippen LogP contribution in [0.2, 0.25) is 0 Å². The highest BCUT2D eigenvalue weighted by molar-refractivity contribution is 5.97. The Kier molecular flexibility index (Phi) is 10.4. The van der Waals surface area contributed by atoms with Crippen LogP contribution >= 0.6 is 0 Å². The van der Waals surface area contributed by atoms with E-state index in [1.165, 1.54) is 6.92 Å². The Bertz CT molecular complexity index is 1670. The molecule has 10 nitrogen and oxygen atoms in total. The van der Waals surface area contributed by atoms with Crippen molar-refractivity contribution >= 4 is 28.3 Å². The number of pyridine rings is 1. The van der Waals surface area contributed by atoms with Crippen LogP contribution in [-0.4, -0.2) is 71.8 Å². The first kappa shape index (κ1) is 33.1. The highest BCUT2D eigenvalue weighted by Crippen LogP contribution is 2.36. The number of nitrogens with one attached hydrogen (secondary N) is 1. The summed E-state index contributed by atoms with van der Waals surface area (Å²) in [6.45, 7) is 10.8. The number of benzene rings is 2. The van der Waals surface area contributed by atoms with Crippen LogP contribution in [0.4, 0.5) is 5.69 Å². The van der Waals surface area contributed by atoms with E-state index in [0.29, 0.717) is 60.5 Å². The van der Waals surface area contributed by atoms with Crippen LogP contribution in [0.25, 0.3) is 10.9 Å². The smallest absolute Gasteiger partial charge is 0.221 e. The molecule has 1 saturated heterocycles. The third-order valence-corrected chi connectivity index (χ3v) is 8.20. The van der Waals surface area contributed by atoms with E-state index in [1.807, 2.05) is 24.3 Å². The quantitative estimate of drug-likeness (QED) is 0.187. The van der Waals surface area contributed by atoms with E-state index >= 15 is 0 Å². The molecule has 5 rings (SSSR count). The van der Waals surface area contributed by atoms with Crippen LogP contribution in [0.3, 0.4) is 0 Å². The lowest BCUT2D eigenvalue weighted by atomic mass is 9.92. The second-order valence-electron chi connectivity index (χ2n) is 13.1. The minimum Gasteiger partial charge on any atom is -0.489 e. The summed E-state index contributed by atoms with van der Waals surface area (Å²) < 4.78 is 19.3. The molecule has 0 atom stereocenters. The van der Waals surface area contributed by atoms with Crippen molar-refractivity contribution in [2.75, 3.05) is 45.8 Å². The number of rotatable bonds is 12. The molecule has 1 N–H and O–H groups in total. The fourth-order valence-corrected chi connectivity index (χ4v) is 5.66. The SMILES string of the molecule is COCCOc1cc2nccc(Oc3ccc(CC(=O)Cc4cc(C(C)(C)C)nn4C4CCN(C)CC4)cc3)c2cc1NC(C)=O. The summed E-state index contributed by atoms with van der Waals surface area (Å²) in [7, 11) is 3.76. The van der Waals surface area contributed by atoms with Crippen LogP contribution in [0.5, 0.6) is 17.2 Å². The highest BCUT2D eigenvalue weighted by atomic mass is 16.5. The number of carbonyl (C=O) groups is 2. The number of hydrogen-bond donors (Lipinski definition) is 1. The van der Waals surface area contributed by atoms with Gasteiger partial charge in [-0.25, -0.2) is 0 Å². The number of amides is 1. The monoisotopic (exact) mass is 627 g/mol. The fourth-order valence-electron chi connectivity index (χ4n) is 5.66. The lowest BCUT2D eigenvalue weighted by molar-refractivity contribution is -0.118. The molecule has 1 fully saturated rings. The Morgan fingerprint density at radius 3 is 2.39 bits per heavy atom. The average Bonchev–Trinajstić information content (AvgIpc) is 3.43. The first-order valence-corrected chi connectivity index (χ1v) is 15.9. The minimum atomic E-state index is -0.214. The van der Waals surface area contributed by atoms with Crippen LogP contribution in [0.1, 0.15) is 63.5 Å². The Labute approximate surface area is 271 Å². The molecule has 2 aromatic heterocycles. The van der Waals surface area contributed by atoms with E-state index in [2.05, 4.69) is 53.8 Å². The molecule has 0 aliphatic carbocycles. The van der Waals surface area contributed by atoms with Gasteiger partial charge in [0.05, 0.1) is 29.5 Å². The third-order valence-electron chi connectivity index (χ3n) is 8.20. The topological polar surface area (TPSA) is 108 Å². The Morgan fingerprint density at radius 2 is 1.72 bits per heavy atom. The average molecular weight is 628 g/mol. The number of Topliss-reactive ketones (excluding diaryl/α,β-unsaturated/α-hetero) is 1. The predicted octanol–water partition coefficient (Wildman–Crippen LogP) is 6.13. The first-order chi connectivity index (χ1) is 22.0. The zero-order valence-corrected chi connectivity index (χ0v) is 27.8. The fraction of sp³-hybridized carbons (Fsp3) is 0.444. The molecule has 10 heteroatoms. The van der Waals surface area contributed by atoms with Crippen molar-refractivity contribution in [3.63, 3.8) is 0 Å². The van der Waals surface area contributed by atoms with E-state index in [-0.39, 0.29) is 17.1 Å². The third kappa shape index (κ3) is 8.30. The van der Waals surface area contributed by atoms with E-state index in [9.17, 15) is 9.59 Å². The number of carbonyl (C=O) groups excluding carboxylic acids is 2. The molecule has 1 amide bonds. The van der Waals surface area contributed by atoms with Crippen molar-refractivity contribution in [1.29, 1.82) is 0 Å². The van der Waals surface area contributed by atoms with Gasteiger partial charge in [-0.15, -0.1) is 0 Å². The van der Waals surface area contributed by atoms with Crippen molar-refractivity contribution in [1.82, 2.24) is 19.7 Å². The summed E-state index contributed by atoms with van der Waals surface area (Å²) in [6, 6.07) is 15.4. The van der Waals surface area contributed by atoms with Crippen LogP contribution in [-0.2, 0) is 32.6 Å². The van der Waals surface area contributed by atoms with E-state index in [0.717, 1.165) is 48.3 Å². The summed E-state index contributed by atoms with van der Waals surface area (Å²) >= 11 is 0. The van der Waals surface area contributed by atoms with Gasteiger partial charge in [-0.2, -0.15) is 5.10 Å². The first-order valence-electron chi connectivity index (χ1n) is 15.9. The second-order valence-corrected chi connectivity index (χ2v) is 13.1. The number of aromatic nitrogens is 3. The van der Waals surface area contributed by atoms with E-state index in [1.54, 1.807) is 31.5 Å². The number of hydrogen-bond acceptors (Lipinski definition) is 8. The van der Waals surface area contributed by atoms with Gasteiger partial charge in [0.15, 0.2) is 0 Å². The van der Waals surface area contributed by atoms with Crippen LogP contribution in [0.15, 0.2) is 54.7 Å². The normalized spacial score (nSPS) is 14.4. The number of ketones is 1. The minimum absolute atomic E-state index is 0.0872. The maximum Gasteiger partial charge on any atom is 0.221 e. The molecular weight excluding hydrogens is 582 g/mol. The summed E-state index contributed by atoms with van der Waals surface area (Å²) in [5.74, 6) is 1.65. The van der Waals surface area contributed by atoms with E-state index < -0.39 is 0 Å². The molecule has 0 radical (unpaired) electrons. The van der Waals surface area contributed by atoms with Crippen molar-refractivity contribution < 1.29 is 23.8 Å². The number of likely N-dealkylation sites (tertiary alicyclic amines) is 1. The lowest BCUT2D eigenvalue weighted by Crippen LogP contribution is -2.32. The van der Waals surface area contributed by atoms with Crippen LogP contribution < -0.4 is 14.8 Å². The summed E-state index contributed by atoms with van der Waals surface area (Å²) in [5.41, 5.74) is 4.04. The Balaban J connectivity index is 1.29. The Hall–Kier alpha value is -4.28. The molecular formula is C36H45N5O5. The molecule has 4 aromatic rings. The Morgan fingerprint density at radius 1 is 0.978 bits per heavy atom. The standard InChI is InChI=1S/C36H45N5O5/c1-24(42)38-32-22-30-31(23-34(32)45-18-17-44-6)37-14-11-33(30)46-29-9-7-25(8-10-29)19-28(43)20-27-21-35(36(2,3)4)39-41(27)26-12-15-40(5)16-13-26/h7-11,14,21-23,26H,12-13,15-20H2,1-6H3,(H,38,42). The number of nitrogens with zero attached hydrogens (tertiary/aromatic N) is 4. The van der Waals surface area contributed by atoms with Gasteiger partial charge in [0.2, 0.25) is 5.91 Å². The summed E-state index contributed by atoms with van der Waals surface area (Å²) in [4.78, 5) is 32.0. The summed E-state index contributed by atoms with van der Waals surface area (Å²) in [6.07, 6.45) is 4.42. The van der Waals surface area contributed by atoms with Gasteiger partial charge >= 0.3 is 0 Å². The number of fused-ring (bicyclic) bond motifs is 1. The van der Waals surface area contributed by atoms with Gasteiger partial charge in [0, 0.05) is 55.6 Å². The molecule has 3 heterocycles. The maximum absolute atomic E-state index is 13.3. The molecule has 46 heavy (non-hydrogen) atoms. The van der Waals surface area contributed by atoms with Crippen LogP contribution in [0, 0.1) is 0 Å². The van der Waals surface area contributed by atoms with Crippen molar-refractivity contribution in [2.24, 2.45) is 0 Å². The molecule has 0 unspecified atom stereocenters.